The summed E-state index contributed by atoms with van der Waals surface area (Å²) in [5.74, 6) is 1.77. The standard InChI is InChI=1S/C19H27N3O3S2.HI/c1-4-20-19(22-13-15(2)16-9-12-26-14-16)21-10-11-25-17-5-7-18(8-6-17)27(3,23)24;/h5-9,12,14-15H,4,10-11,13H2,1-3H3,(H2,20,21,22);1H. The smallest absolute Gasteiger partial charge is 0.191 e. The highest BCUT2D eigenvalue weighted by Gasteiger charge is 2.07. The Morgan fingerprint density at radius 3 is 2.50 bits per heavy atom. The Morgan fingerprint density at radius 2 is 1.93 bits per heavy atom. The normalized spacial score (nSPS) is 12.8. The Bertz CT molecular complexity index is 823. The molecule has 0 saturated heterocycles. The van der Waals surface area contributed by atoms with Gasteiger partial charge in [0.25, 0.3) is 0 Å². The van der Waals surface area contributed by atoms with Crippen molar-refractivity contribution in [3.05, 3.63) is 46.7 Å². The maximum Gasteiger partial charge on any atom is 0.191 e. The molecule has 9 heteroatoms. The fourth-order valence-corrected chi connectivity index (χ4v) is 3.76. The van der Waals surface area contributed by atoms with E-state index < -0.39 is 9.84 Å². The van der Waals surface area contributed by atoms with Gasteiger partial charge in [-0.25, -0.2) is 8.42 Å². The summed E-state index contributed by atoms with van der Waals surface area (Å²) in [6, 6.07) is 8.56. The van der Waals surface area contributed by atoms with Gasteiger partial charge in [-0.3, -0.25) is 4.99 Å². The number of guanidine groups is 1. The van der Waals surface area contributed by atoms with Gasteiger partial charge in [0.05, 0.1) is 11.4 Å². The van der Waals surface area contributed by atoms with E-state index in [4.69, 9.17) is 4.74 Å². The molecule has 0 aliphatic rings. The summed E-state index contributed by atoms with van der Waals surface area (Å²) in [7, 11) is -3.18. The summed E-state index contributed by atoms with van der Waals surface area (Å²) in [6.07, 6.45) is 1.19. The van der Waals surface area contributed by atoms with Crippen molar-refractivity contribution in [2.75, 3.05) is 32.5 Å². The SMILES string of the molecule is CCNC(=NCC(C)c1ccsc1)NCCOc1ccc(S(C)(=O)=O)cc1.I. The van der Waals surface area contributed by atoms with E-state index in [2.05, 4.69) is 39.4 Å². The van der Waals surface area contributed by atoms with Crippen molar-refractivity contribution in [1.82, 2.24) is 10.6 Å². The van der Waals surface area contributed by atoms with Gasteiger partial charge in [-0.2, -0.15) is 11.3 Å². The minimum atomic E-state index is -3.18. The highest BCUT2D eigenvalue weighted by atomic mass is 127. The van der Waals surface area contributed by atoms with Gasteiger partial charge >= 0.3 is 0 Å². The predicted molar refractivity (Wildman–Crippen MR) is 127 cm³/mol. The molecule has 0 spiro atoms. The highest BCUT2D eigenvalue weighted by Crippen LogP contribution is 2.18. The van der Waals surface area contributed by atoms with Crippen LogP contribution in [-0.4, -0.2) is 46.9 Å². The molecule has 1 atom stereocenters. The van der Waals surface area contributed by atoms with Crippen LogP contribution >= 0.6 is 35.3 Å². The number of hydrogen-bond donors (Lipinski definition) is 2. The third-order valence-electron chi connectivity index (χ3n) is 3.89. The lowest BCUT2D eigenvalue weighted by molar-refractivity contribution is 0.321. The second-order valence-electron chi connectivity index (χ2n) is 6.20. The molecule has 0 bridgehead atoms. The molecule has 2 N–H and O–H groups in total. The molecular weight excluding hydrogens is 509 g/mol. The van der Waals surface area contributed by atoms with Gasteiger partial charge in [-0.05, 0) is 53.6 Å². The molecule has 1 unspecified atom stereocenters. The molecule has 0 fully saturated rings. The number of rotatable bonds is 9. The van der Waals surface area contributed by atoms with Crippen molar-refractivity contribution >= 4 is 51.1 Å². The molecule has 0 aliphatic heterocycles. The minimum Gasteiger partial charge on any atom is -0.492 e. The van der Waals surface area contributed by atoms with E-state index in [1.165, 1.54) is 11.8 Å². The van der Waals surface area contributed by atoms with E-state index in [1.807, 2.05) is 6.92 Å². The minimum absolute atomic E-state index is 0. The fraction of sp³-hybridized carbons (Fsp3) is 0.421. The maximum atomic E-state index is 11.5. The van der Waals surface area contributed by atoms with E-state index in [0.717, 1.165) is 12.5 Å². The number of ether oxygens (including phenoxy) is 1. The van der Waals surface area contributed by atoms with E-state index in [9.17, 15) is 8.42 Å². The second kappa shape index (κ2) is 12.3. The van der Waals surface area contributed by atoms with Crippen LogP contribution in [0.25, 0.3) is 0 Å². The van der Waals surface area contributed by atoms with Crippen LogP contribution in [-0.2, 0) is 9.84 Å². The molecule has 1 heterocycles. The number of halogens is 1. The first-order valence-electron chi connectivity index (χ1n) is 8.87. The molecule has 0 radical (unpaired) electrons. The summed E-state index contributed by atoms with van der Waals surface area (Å²) in [6.45, 7) is 6.72. The lowest BCUT2D eigenvalue weighted by Gasteiger charge is -2.13. The zero-order valence-corrected chi connectivity index (χ0v) is 20.3. The van der Waals surface area contributed by atoms with Crippen LogP contribution < -0.4 is 15.4 Å². The zero-order chi connectivity index (χ0) is 19.7. The second-order valence-corrected chi connectivity index (χ2v) is 8.99. The van der Waals surface area contributed by atoms with Gasteiger partial charge in [0.2, 0.25) is 0 Å². The predicted octanol–water partition coefficient (Wildman–Crippen LogP) is 3.51. The Labute approximate surface area is 188 Å². The van der Waals surface area contributed by atoms with Crippen molar-refractivity contribution in [2.24, 2.45) is 4.99 Å². The van der Waals surface area contributed by atoms with E-state index in [-0.39, 0.29) is 28.9 Å². The summed E-state index contributed by atoms with van der Waals surface area (Å²) in [5.41, 5.74) is 1.31. The number of sulfone groups is 1. The number of nitrogens with zero attached hydrogens (tertiary/aromatic N) is 1. The van der Waals surface area contributed by atoms with Crippen molar-refractivity contribution in [3.63, 3.8) is 0 Å². The third-order valence-corrected chi connectivity index (χ3v) is 5.72. The monoisotopic (exact) mass is 537 g/mol. The van der Waals surface area contributed by atoms with Crippen LogP contribution in [0.2, 0.25) is 0 Å². The van der Waals surface area contributed by atoms with Crippen LogP contribution in [0, 0.1) is 0 Å². The van der Waals surface area contributed by atoms with Crippen molar-refractivity contribution in [3.8, 4) is 5.75 Å². The molecule has 0 aliphatic carbocycles. The average Bonchev–Trinajstić information content (AvgIpc) is 3.17. The first-order chi connectivity index (χ1) is 12.9. The van der Waals surface area contributed by atoms with E-state index in [1.54, 1.807) is 35.6 Å². The van der Waals surface area contributed by atoms with Crippen molar-refractivity contribution in [1.29, 1.82) is 0 Å². The third kappa shape index (κ3) is 8.36. The van der Waals surface area contributed by atoms with Crippen LogP contribution in [0.1, 0.15) is 25.3 Å². The van der Waals surface area contributed by atoms with Crippen LogP contribution in [0.4, 0.5) is 0 Å². The Kier molecular flexibility index (Phi) is 10.8. The molecule has 156 valence electrons. The molecule has 2 aromatic rings. The zero-order valence-electron chi connectivity index (χ0n) is 16.3. The molecule has 0 saturated carbocycles. The largest absolute Gasteiger partial charge is 0.492 e. The molecule has 28 heavy (non-hydrogen) atoms. The van der Waals surface area contributed by atoms with Gasteiger partial charge < -0.3 is 15.4 Å². The van der Waals surface area contributed by atoms with Crippen molar-refractivity contribution < 1.29 is 13.2 Å². The van der Waals surface area contributed by atoms with Crippen molar-refractivity contribution in [2.45, 2.75) is 24.7 Å². The number of thiophene rings is 1. The number of benzene rings is 1. The summed E-state index contributed by atoms with van der Waals surface area (Å²) in [5, 5.41) is 10.7. The summed E-state index contributed by atoms with van der Waals surface area (Å²) < 4.78 is 28.6. The first kappa shape index (κ1) is 24.7. The highest BCUT2D eigenvalue weighted by molar-refractivity contribution is 14.0. The number of aliphatic imine (C=N–C) groups is 1. The van der Waals surface area contributed by atoms with Crippen LogP contribution in [0.3, 0.4) is 0 Å². The molecule has 1 aromatic carbocycles. The lowest BCUT2D eigenvalue weighted by Crippen LogP contribution is -2.39. The van der Waals surface area contributed by atoms with Crippen LogP contribution in [0.5, 0.6) is 5.75 Å². The Balaban J connectivity index is 0.00000392. The Morgan fingerprint density at radius 1 is 1.21 bits per heavy atom. The summed E-state index contributed by atoms with van der Waals surface area (Å²) >= 11 is 1.70. The lowest BCUT2D eigenvalue weighted by atomic mass is 10.1. The van der Waals surface area contributed by atoms with E-state index >= 15 is 0 Å². The molecule has 2 rings (SSSR count). The molecule has 1 aromatic heterocycles. The van der Waals surface area contributed by atoms with E-state index in [0.29, 0.717) is 31.4 Å². The molecule has 6 nitrogen and oxygen atoms in total. The molecular formula is C19H28IN3O3S2. The quantitative estimate of drug-likeness (QED) is 0.222. The van der Waals surface area contributed by atoms with Gasteiger partial charge in [-0.1, -0.05) is 6.92 Å². The van der Waals surface area contributed by atoms with Gasteiger partial charge in [0.15, 0.2) is 15.8 Å². The fourth-order valence-electron chi connectivity index (χ4n) is 2.35. The molecule has 0 amide bonds. The number of hydrogen-bond acceptors (Lipinski definition) is 5. The Hall–Kier alpha value is -1.33. The van der Waals surface area contributed by atoms with Gasteiger partial charge in [0.1, 0.15) is 12.4 Å². The summed E-state index contributed by atoms with van der Waals surface area (Å²) in [4.78, 5) is 4.92. The topological polar surface area (TPSA) is 79.8 Å². The van der Waals surface area contributed by atoms with Crippen LogP contribution in [0.15, 0.2) is 51.0 Å². The average molecular weight is 537 g/mol. The number of nitrogens with one attached hydrogen (secondary N) is 2. The first-order valence-corrected chi connectivity index (χ1v) is 11.7. The van der Waals surface area contributed by atoms with Gasteiger partial charge in [0, 0.05) is 25.3 Å². The van der Waals surface area contributed by atoms with Gasteiger partial charge in [-0.15, -0.1) is 24.0 Å². The maximum absolute atomic E-state index is 11.5.